The molecule has 0 spiro atoms. The van der Waals surface area contributed by atoms with Crippen molar-refractivity contribution >= 4 is 39.9 Å². The van der Waals surface area contributed by atoms with Crippen molar-refractivity contribution in [3.8, 4) is 11.1 Å². The number of amides is 1. The lowest BCUT2D eigenvalue weighted by atomic mass is 9.82. The highest BCUT2D eigenvalue weighted by molar-refractivity contribution is 8.26. The van der Waals surface area contributed by atoms with Crippen LogP contribution in [0.4, 0.5) is 5.69 Å². The molecule has 1 fully saturated rings. The number of hydrogen-bond acceptors (Lipinski definition) is 4. The number of nitrogens with zero attached hydrogens (tertiary/aromatic N) is 2. The Hall–Kier alpha value is -2.37. The molecule has 2 aliphatic heterocycles. The molecule has 0 unspecified atom stereocenters. The van der Waals surface area contributed by atoms with E-state index in [9.17, 15) is 4.79 Å². The van der Waals surface area contributed by atoms with Crippen molar-refractivity contribution < 1.29 is 4.79 Å². The molecule has 2 heterocycles. The van der Waals surface area contributed by atoms with Crippen molar-refractivity contribution in [3.63, 3.8) is 0 Å². The predicted molar refractivity (Wildman–Crippen MR) is 127 cm³/mol. The van der Waals surface area contributed by atoms with Crippen LogP contribution >= 0.6 is 24.0 Å². The first-order valence-electron chi connectivity index (χ1n) is 9.74. The summed E-state index contributed by atoms with van der Waals surface area (Å²) < 4.78 is 0.605. The van der Waals surface area contributed by atoms with Crippen molar-refractivity contribution in [2.45, 2.75) is 26.2 Å². The molecule has 1 amide bonds. The Bertz CT molecular complexity index is 1050. The molecule has 2 aromatic rings. The highest BCUT2D eigenvalue weighted by Crippen LogP contribution is 2.49. The van der Waals surface area contributed by atoms with E-state index in [1.54, 1.807) is 7.05 Å². The molecule has 0 aromatic heterocycles. The van der Waals surface area contributed by atoms with E-state index < -0.39 is 0 Å². The molecule has 0 bridgehead atoms. The van der Waals surface area contributed by atoms with E-state index in [-0.39, 0.29) is 11.3 Å². The Morgan fingerprint density at radius 1 is 1.07 bits per heavy atom. The molecule has 0 N–H and O–H groups in total. The fourth-order valence-electron chi connectivity index (χ4n) is 4.04. The van der Waals surface area contributed by atoms with Crippen molar-refractivity contribution in [2.24, 2.45) is 0 Å². The number of allylic oxidation sites excluding steroid dienone is 3. The summed E-state index contributed by atoms with van der Waals surface area (Å²) in [6.45, 7) is 7.53. The zero-order valence-electron chi connectivity index (χ0n) is 17.1. The van der Waals surface area contributed by atoms with Crippen LogP contribution in [-0.2, 0) is 10.2 Å². The van der Waals surface area contributed by atoms with Crippen LogP contribution in [-0.4, -0.2) is 28.7 Å². The molecule has 2 aliphatic rings. The number of carbonyl (C=O) groups is 1. The van der Waals surface area contributed by atoms with Crippen LogP contribution in [0.15, 0.2) is 71.3 Å². The van der Waals surface area contributed by atoms with E-state index in [4.69, 9.17) is 12.2 Å². The lowest BCUT2D eigenvalue weighted by molar-refractivity contribution is -0.121. The molecule has 5 heteroatoms. The second kappa shape index (κ2) is 7.47. The molecule has 0 atom stereocenters. The summed E-state index contributed by atoms with van der Waals surface area (Å²) in [4.78, 5) is 16.9. The minimum atomic E-state index is -0.161. The quantitative estimate of drug-likeness (QED) is 0.467. The van der Waals surface area contributed by atoms with Gasteiger partial charge >= 0.3 is 0 Å². The van der Waals surface area contributed by atoms with Gasteiger partial charge in [0.05, 0.1) is 4.91 Å². The zero-order chi connectivity index (χ0) is 20.8. The third-order valence-electron chi connectivity index (χ3n) is 5.69. The fraction of sp³-hybridized carbons (Fsp3) is 0.250. The average molecular weight is 421 g/mol. The van der Waals surface area contributed by atoms with Crippen LogP contribution in [0, 0.1) is 0 Å². The van der Waals surface area contributed by atoms with Gasteiger partial charge in [0.15, 0.2) is 0 Å². The molecule has 4 rings (SSSR count). The van der Waals surface area contributed by atoms with Gasteiger partial charge in [0.1, 0.15) is 4.32 Å². The topological polar surface area (TPSA) is 23.6 Å². The van der Waals surface area contributed by atoms with E-state index >= 15 is 0 Å². The largest absolute Gasteiger partial charge is 0.344 e. The van der Waals surface area contributed by atoms with Crippen molar-refractivity contribution in [1.82, 2.24) is 4.90 Å². The summed E-state index contributed by atoms with van der Waals surface area (Å²) >= 11 is 6.61. The monoisotopic (exact) mass is 420 g/mol. The minimum absolute atomic E-state index is 0.0282. The third-order valence-corrected chi connectivity index (χ3v) is 7.20. The van der Waals surface area contributed by atoms with Crippen LogP contribution in [0.1, 0.15) is 26.3 Å². The maximum atomic E-state index is 12.4. The molecule has 148 valence electrons. The Morgan fingerprint density at radius 3 is 2.41 bits per heavy atom. The number of hydrogen-bond donors (Lipinski definition) is 0. The number of thioether (sulfide) groups is 1. The molecule has 1 saturated heterocycles. The Labute approximate surface area is 182 Å². The van der Waals surface area contributed by atoms with Crippen LogP contribution in [0.25, 0.3) is 11.1 Å². The summed E-state index contributed by atoms with van der Waals surface area (Å²) in [5.74, 6) is -0.0282. The molecule has 29 heavy (non-hydrogen) atoms. The van der Waals surface area contributed by atoms with Crippen LogP contribution in [0.2, 0.25) is 0 Å². The molecule has 3 nitrogen and oxygen atoms in total. The highest BCUT2D eigenvalue weighted by Gasteiger charge is 2.39. The van der Waals surface area contributed by atoms with Gasteiger partial charge in [0.2, 0.25) is 0 Å². The number of fused-ring (bicyclic) bond motifs is 1. The molecule has 0 saturated carbocycles. The maximum Gasteiger partial charge on any atom is 0.265 e. The number of carbonyl (C=O) groups excluding carboxylic acids is 1. The summed E-state index contributed by atoms with van der Waals surface area (Å²) in [5, 5.41) is 0. The lowest BCUT2D eigenvalue weighted by Crippen LogP contribution is -2.26. The second-order valence-corrected chi connectivity index (χ2v) is 9.46. The van der Waals surface area contributed by atoms with E-state index in [1.165, 1.54) is 44.7 Å². The van der Waals surface area contributed by atoms with Gasteiger partial charge in [0.25, 0.3) is 5.91 Å². The van der Waals surface area contributed by atoms with Crippen LogP contribution < -0.4 is 4.90 Å². The first kappa shape index (κ1) is 19.9. The first-order valence-corrected chi connectivity index (χ1v) is 11.0. The Morgan fingerprint density at radius 2 is 1.79 bits per heavy atom. The Balaban J connectivity index is 1.76. The van der Waals surface area contributed by atoms with Crippen molar-refractivity contribution in [2.75, 3.05) is 18.5 Å². The van der Waals surface area contributed by atoms with Gasteiger partial charge in [-0.3, -0.25) is 9.69 Å². The SMILES string of the molecule is CCN1/C(=C\C=C2/SC(=S)N(C)C2=O)C(C)(C)c2cc(-c3ccccc3)ccc21. The minimum Gasteiger partial charge on any atom is -0.344 e. The normalized spacial score (nSPS) is 20.8. The van der Waals surface area contributed by atoms with Gasteiger partial charge in [-0.2, -0.15) is 0 Å². The summed E-state index contributed by atoms with van der Waals surface area (Å²) in [7, 11) is 1.73. The average Bonchev–Trinajstić information content (AvgIpc) is 3.10. The van der Waals surface area contributed by atoms with Gasteiger partial charge in [0, 0.05) is 30.4 Å². The van der Waals surface area contributed by atoms with Gasteiger partial charge < -0.3 is 4.90 Å². The number of rotatable bonds is 3. The van der Waals surface area contributed by atoms with Gasteiger partial charge in [-0.25, -0.2) is 0 Å². The van der Waals surface area contributed by atoms with Crippen LogP contribution in [0.5, 0.6) is 0 Å². The third kappa shape index (κ3) is 3.32. The van der Waals surface area contributed by atoms with E-state index in [2.05, 4.69) is 74.2 Å². The maximum absolute atomic E-state index is 12.4. The fourth-order valence-corrected chi connectivity index (χ4v) is 5.16. The van der Waals surface area contributed by atoms with E-state index in [0.717, 1.165) is 6.54 Å². The second-order valence-electron chi connectivity index (χ2n) is 7.78. The predicted octanol–water partition coefficient (Wildman–Crippen LogP) is 5.73. The number of anilines is 1. The summed E-state index contributed by atoms with van der Waals surface area (Å²) in [5.41, 5.74) is 6.02. The number of benzene rings is 2. The van der Waals surface area contributed by atoms with Gasteiger partial charge in [-0.05, 0) is 47.9 Å². The number of likely N-dealkylation sites (N-methyl/N-ethyl adjacent to an activating group) is 2. The smallest absolute Gasteiger partial charge is 0.265 e. The summed E-state index contributed by atoms with van der Waals surface area (Å²) in [6, 6.07) is 17.2. The van der Waals surface area contributed by atoms with Crippen molar-refractivity contribution in [3.05, 3.63) is 76.8 Å². The zero-order valence-corrected chi connectivity index (χ0v) is 18.7. The summed E-state index contributed by atoms with van der Waals surface area (Å²) in [6.07, 6.45) is 4.01. The molecule has 2 aromatic carbocycles. The van der Waals surface area contributed by atoms with Crippen molar-refractivity contribution in [1.29, 1.82) is 0 Å². The van der Waals surface area contributed by atoms with Gasteiger partial charge in [-0.15, -0.1) is 0 Å². The van der Waals surface area contributed by atoms with Gasteiger partial charge in [-0.1, -0.05) is 74.2 Å². The van der Waals surface area contributed by atoms with E-state index in [0.29, 0.717) is 9.23 Å². The standard InChI is InChI=1S/C24H24N2OS2/c1-5-26-19-12-11-17(16-9-7-6-8-10-16)15-18(19)24(2,3)21(26)14-13-20-22(27)25(4)23(28)29-20/h6-15H,5H2,1-4H3/b20-13-,21-14-. The highest BCUT2D eigenvalue weighted by atomic mass is 32.2. The molecular formula is C24H24N2OS2. The Kier molecular flexibility index (Phi) is 5.13. The lowest BCUT2D eigenvalue weighted by Gasteiger charge is -2.25. The molecular weight excluding hydrogens is 396 g/mol. The van der Waals surface area contributed by atoms with E-state index in [1.807, 2.05) is 12.1 Å². The number of thiocarbonyl (C=S) groups is 1. The van der Waals surface area contributed by atoms with Crippen LogP contribution in [0.3, 0.4) is 0 Å². The molecule has 0 radical (unpaired) electrons. The first-order chi connectivity index (χ1) is 13.8. The molecule has 0 aliphatic carbocycles.